The molecule has 1 aliphatic heterocycles. The SMILES string of the molecule is C[C@H]1C(=O)N(c2cc(C(C)(C)C)ccc2C(C)(C)C)C(=O)[C@@H]1C(C)(C)C. The van der Waals surface area contributed by atoms with Gasteiger partial charge >= 0.3 is 0 Å². The Labute approximate surface area is 159 Å². The minimum atomic E-state index is -0.298. The first-order chi connectivity index (χ1) is 11.6. The molecule has 3 nitrogen and oxygen atoms in total. The van der Waals surface area contributed by atoms with Crippen molar-refractivity contribution < 1.29 is 9.59 Å². The third-order valence-corrected chi connectivity index (χ3v) is 5.44. The van der Waals surface area contributed by atoms with Gasteiger partial charge in [0.1, 0.15) is 0 Å². The summed E-state index contributed by atoms with van der Waals surface area (Å²) in [6.07, 6.45) is 0. The Morgan fingerprint density at radius 3 is 1.73 bits per heavy atom. The highest BCUT2D eigenvalue weighted by Crippen LogP contribution is 2.44. The number of hydrogen-bond acceptors (Lipinski definition) is 2. The average molecular weight is 358 g/mol. The first kappa shape index (κ1) is 20.7. The number of nitrogens with zero attached hydrogens (tertiary/aromatic N) is 1. The Morgan fingerprint density at radius 1 is 0.808 bits per heavy atom. The van der Waals surface area contributed by atoms with Crippen LogP contribution in [0.3, 0.4) is 0 Å². The maximum atomic E-state index is 13.3. The van der Waals surface area contributed by atoms with Crippen LogP contribution in [0.25, 0.3) is 0 Å². The topological polar surface area (TPSA) is 37.4 Å². The molecule has 1 heterocycles. The number of carbonyl (C=O) groups is 2. The van der Waals surface area contributed by atoms with Crippen LogP contribution >= 0.6 is 0 Å². The van der Waals surface area contributed by atoms with E-state index in [0.717, 1.165) is 16.8 Å². The molecule has 144 valence electrons. The number of rotatable bonds is 1. The maximum absolute atomic E-state index is 13.3. The monoisotopic (exact) mass is 357 g/mol. The van der Waals surface area contributed by atoms with E-state index >= 15 is 0 Å². The molecule has 1 saturated heterocycles. The van der Waals surface area contributed by atoms with Crippen LogP contribution in [0.2, 0.25) is 0 Å². The Balaban J connectivity index is 2.69. The Bertz CT molecular complexity index is 726. The van der Waals surface area contributed by atoms with Crippen molar-refractivity contribution >= 4 is 17.5 Å². The van der Waals surface area contributed by atoms with Crippen molar-refractivity contribution in [3.05, 3.63) is 29.3 Å². The van der Waals surface area contributed by atoms with Gasteiger partial charge in [-0.25, -0.2) is 4.90 Å². The first-order valence-corrected chi connectivity index (χ1v) is 9.59. The van der Waals surface area contributed by atoms with Crippen LogP contribution in [0.5, 0.6) is 0 Å². The molecule has 26 heavy (non-hydrogen) atoms. The fourth-order valence-electron chi connectivity index (χ4n) is 3.98. The van der Waals surface area contributed by atoms with E-state index in [-0.39, 0.29) is 39.9 Å². The summed E-state index contributed by atoms with van der Waals surface area (Å²) in [4.78, 5) is 27.9. The maximum Gasteiger partial charge on any atom is 0.238 e. The van der Waals surface area contributed by atoms with Crippen molar-refractivity contribution in [2.24, 2.45) is 17.3 Å². The minimum Gasteiger partial charge on any atom is -0.274 e. The fraction of sp³-hybridized carbons (Fsp3) is 0.652. The molecule has 1 fully saturated rings. The Hall–Kier alpha value is -1.64. The van der Waals surface area contributed by atoms with Crippen molar-refractivity contribution in [2.45, 2.75) is 80.1 Å². The summed E-state index contributed by atoms with van der Waals surface area (Å²) in [7, 11) is 0. The van der Waals surface area contributed by atoms with Crippen LogP contribution < -0.4 is 4.90 Å². The van der Waals surface area contributed by atoms with Gasteiger partial charge < -0.3 is 0 Å². The molecule has 2 atom stereocenters. The van der Waals surface area contributed by atoms with E-state index in [9.17, 15) is 9.59 Å². The van der Waals surface area contributed by atoms with Crippen LogP contribution in [0.4, 0.5) is 5.69 Å². The highest BCUT2D eigenvalue weighted by atomic mass is 16.2. The summed E-state index contributed by atoms with van der Waals surface area (Å²) in [5.74, 6) is -0.729. The molecule has 0 saturated carbocycles. The van der Waals surface area contributed by atoms with Crippen LogP contribution in [0, 0.1) is 17.3 Å². The Kier molecular flexibility index (Phi) is 4.94. The van der Waals surface area contributed by atoms with Crippen molar-refractivity contribution in [2.75, 3.05) is 4.90 Å². The van der Waals surface area contributed by atoms with E-state index in [0.29, 0.717) is 0 Å². The molecule has 0 aliphatic carbocycles. The molecule has 1 aromatic rings. The summed E-state index contributed by atoms with van der Waals surface area (Å²) in [5.41, 5.74) is 2.48. The van der Waals surface area contributed by atoms with Crippen molar-refractivity contribution in [1.29, 1.82) is 0 Å². The molecule has 0 N–H and O–H groups in total. The second-order valence-electron chi connectivity index (χ2n) is 10.9. The van der Waals surface area contributed by atoms with E-state index in [2.05, 4.69) is 53.7 Å². The highest BCUT2D eigenvalue weighted by Gasteiger charge is 2.51. The average Bonchev–Trinajstić information content (AvgIpc) is 2.66. The van der Waals surface area contributed by atoms with E-state index < -0.39 is 0 Å². The number of carbonyl (C=O) groups excluding carboxylic acids is 2. The third kappa shape index (κ3) is 3.58. The van der Waals surface area contributed by atoms with Crippen LogP contribution in [-0.4, -0.2) is 11.8 Å². The summed E-state index contributed by atoms with van der Waals surface area (Å²) < 4.78 is 0. The molecule has 0 radical (unpaired) electrons. The minimum absolute atomic E-state index is 0.0496. The molecular formula is C23H35NO2. The van der Waals surface area contributed by atoms with E-state index in [4.69, 9.17) is 0 Å². The second-order valence-corrected chi connectivity index (χ2v) is 10.9. The zero-order valence-corrected chi connectivity index (χ0v) is 18.2. The Morgan fingerprint density at radius 2 is 1.35 bits per heavy atom. The highest BCUT2D eigenvalue weighted by molar-refractivity contribution is 6.22. The van der Waals surface area contributed by atoms with Crippen LogP contribution in [-0.2, 0) is 20.4 Å². The summed E-state index contributed by atoms with van der Waals surface area (Å²) in [6, 6.07) is 6.26. The second kappa shape index (κ2) is 6.21. The zero-order chi connectivity index (χ0) is 20.2. The van der Waals surface area contributed by atoms with Crippen molar-refractivity contribution in [3.63, 3.8) is 0 Å². The van der Waals surface area contributed by atoms with E-state index in [1.54, 1.807) is 0 Å². The lowest BCUT2D eigenvalue weighted by molar-refractivity contribution is -0.124. The number of imide groups is 1. The summed E-state index contributed by atoms with van der Waals surface area (Å²) in [5, 5.41) is 0. The quantitative estimate of drug-likeness (QED) is 0.626. The van der Waals surface area contributed by atoms with Gasteiger partial charge in [-0.2, -0.15) is 0 Å². The molecule has 0 unspecified atom stereocenters. The zero-order valence-electron chi connectivity index (χ0n) is 18.2. The largest absolute Gasteiger partial charge is 0.274 e. The molecular weight excluding hydrogens is 322 g/mol. The molecule has 0 aromatic heterocycles. The normalized spacial score (nSPS) is 22.3. The number of benzene rings is 1. The van der Waals surface area contributed by atoms with Gasteiger partial charge in [0.05, 0.1) is 11.6 Å². The third-order valence-electron chi connectivity index (χ3n) is 5.44. The molecule has 2 rings (SSSR count). The van der Waals surface area contributed by atoms with Gasteiger partial charge in [-0.15, -0.1) is 0 Å². The van der Waals surface area contributed by atoms with Crippen LogP contribution in [0.15, 0.2) is 18.2 Å². The van der Waals surface area contributed by atoms with Gasteiger partial charge in [0, 0.05) is 5.92 Å². The van der Waals surface area contributed by atoms with E-state index in [1.807, 2.05) is 33.8 Å². The number of anilines is 1. The van der Waals surface area contributed by atoms with Crippen molar-refractivity contribution in [1.82, 2.24) is 0 Å². The smallest absolute Gasteiger partial charge is 0.238 e. The first-order valence-electron chi connectivity index (χ1n) is 9.59. The predicted molar refractivity (Wildman–Crippen MR) is 108 cm³/mol. The molecule has 2 amide bonds. The number of hydrogen-bond donors (Lipinski definition) is 0. The van der Waals surface area contributed by atoms with Gasteiger partial charge in [-0.05, 0) is 33.4 Å². The van der Waals surface area contributed by atoms with Crippen molar-refractivity contribution in [3.8, 4) is 0 Å². The van der Waals surface area contributed by atoms with Gasteiger partial charge in [-0.1, -0.05) is 81.4 Å². The molecule has 0 bridgehead atoms. The lowest BCUT2D eigenvalue weighted by Crippen LogP contribution is -2.36. The van der Waals surface area contributed by atoms with E-state index in [1.165, 1.54) is 4.90 Å². The summed E-state index contributed by atoms with van der Waals surface area (Å²) in [6.45, 7) is 20.8. The lowest BCUT2D eigenvalue weighted by Gasteiger charge is -2.30. The fourth-order valence-corrected chi connectivity index (χ4v) is 3.98. The molecule has 1 aliphatic rings. The predicted octanol–water partition coefficient (Wildman–Crippen LogP) is 5.45. The molecule has 3 heteroatoms. The number of amides is 2. The standard InChI is InChI=1S/C23H35NO2/c1-14-18(23(8,9)10)20(26)24(19(14)25)17-13-15(21(2,3)4)11-12-16(17)22(5,6)7/h11-14,18H,1-10H3/t14-,18-/m1/s1. The molecule has 1 aromatic carbocycles. The van der Waals surface area contributed by atoms with Gasteiger partial charge in [0.2, 0.25) is 11.8 Å². The summed E-state index contributed by atoms with van der Waals surface area (Å²) >= 11 is 0. The van der Waals surface area contributed by atoms with Gasteiger partial charge in [0.25, 0.3) is 0 Å². The van der Waals surface area contributed by atoms with Gasteiger partial charge in [0.15, 0.2) is 0 Å². The van der Waals surface area contributed by atoms with Crippen LogP contribution in [0.1, 0.15) is 80.4 Å². The lowest BCUT2D eigenvalue weighted by atomic mass is 9.75. The molecule has 0 spiro atoms. The van der Waals surface area contributed by atoms with Gasteiger partial charge in [-0.3, -0.25) is 9.59 Å².